The van der Waals surface area contributed by atoms with E-state index in [1.54, 1.807) is 6.92 Å². The van der Waals surface area contributed by atoms with Crippen molar-refractivity contribution in [3.05, 3.63) is 30.9 Å². The van der Waals surface area contributed by atoms with Gasteiger partial charge < -0.3 is 19.6 Å². The zero-order chi connectivity index (χ0) is 20.7. The highest BCUT2D eigenvalue weighted by Gasteiger charge is 2.64. The summed E-state index contributed by atoms with van der Waals surface area (Å²) >= 11 is 0. The molecule has 0 aromatic carbocycles. The number of ether oxygens (including phenoxy) is 1. The van der Waals surface area contributed by atoms with Gasteiger partial charge in [0, 0.05) is 7.11 Å². The van der Waals surface area contributed by atoms with Gasteiger partial charge in [0.15, 0.2) is 20.0 Å². The average molecular weight is 429 g/mol. The van der Waals surface area contributed by atoms with Crippen LogP contribution in [0.5, 0.6) is 0 Å². The van der Waals surface area contributed by atoms with Crippen LogP contribution in [0.15, 0.2) is 30.9 Å². The van der Waals surface area contributed by atoms with Crippen molar-refractivity contribution in [3.8, 4) is 0 Å². The van der Waals surface area contributed by atoms with Crippen molar-refractivity contribution in [1.82, 2.24) is 16.1 Å². The number of nitrogens with zero attached hydrogens (tertiary/aromatic N) is 1. The number of hydroxylamine groups is 1. The van der Waals surface area contributed by atoms with Crippen LogP contribution in [0, 0.1) is 0 Å². The van der Waals surface area contributed by atoms with Crippen LogP contribution in [0.25, 0.3) is 0 Å². The van der Waals surface area contributed by atoms with Gasteiger partial charge in [-0.05, 0) is 18.9 Å². The first-order valence-electron chi connectivity index (χ1n) is 7.81. The zero-order valence-corrected chi connectivity index (χ0v) is 17.1. The van der Waals surface area contributed by atoms with Gasteiger partial charge in [0.25, 0.3) is 7.94 Å². The predicted octanol–water partition coefficient (Wildman–Crippen LogP) is -1.31. The number of methoxy groups -OCH3 is 1. The highest BCUT2D eigenvalue weighted by molar-refractivity contribution is 7.75. The number of aliphatic hydroxyl groups is 1. The minimum absolute atomic E-state index is 0.0201. The maximum Gasteiger partial charge on any atom is 0.306 e. The predicted molar refractivity (Wildman–Crippen MR) is 94.6 cm³/mol. The van der Waals surface area contributed by atoms with Gasteiger partial charge in [-0.3, -0.25) is 9.82 Å². The number of hydrogen-bond donors (Lipinski definition) is 7. The first-order valence-corrected chi connectivity index (χ1v) is 10.7. The number of aromatic amines is 1. The van der Waals surface area contributed by atoms with E-state index in [9.17, 15) is 24.7 Å². The van der Waals surface area contributed by atoms with Gasteiger partial charge >= 0.3 is 5.08 Å². The zero-order valence-electron chi connectivity index (χ0n) is 15.3. The van der Waals surface area contributed by atoms with Gasteiger partial charge in [-0.25, -0.2) is 14.4 Å². The van der Waals surface area contributed by atoms with Crippen LogP contribution in [0.1, 0.15) is 20.3 Å². The third-order valence-electron chi connectivity index (χ3n) is 3.85. The fraction of sp³-hybridized carbons (Fsp3) is 0.615. The summed E-state index contributed by atoms with van der Waals surface area (Å²) < 4.78 is 6.00. The Labute approximate surface area is 158 Å². The fourth-order valence-electron chi connectivity index (χ4n) is 2.10. The molecule has 0 saturated heterocycles. The molecule has 12 nitrogen and oxygen atoms in total. The van der Waals surface area contributed by atoms with Gasteiger partial charge in [0.05, 0.1) is 0 Å². The first kappa shape index (κ1) is 24.4. The van der Waals surface area contributed by atoms with E-state index in [2.05, 4.69) is 22.7 Å². The van der Waals surface area contributed by atoms with Gasteiger partial charge in [-0.2, -0.15) is 10.4 Å². The first-order chi connectivity index (χ1) is 12.5. The standard InChI is InChI=1S/C13H26N4O8P2/c1-5-11(2)12(3,24-16-25-15-10-23-4)26(19)13(18,27(20,21)22)8-17-7-6-14-9-17/h6-7,9,15-16,18-19H,2,5,8,10H2,1,3-4H3,(H2,20,21,22)/p+1/t12-,13?,26?/m0/s1. The van der Waals surface area contributed by atoms with E-state index < -0.39 is 33.1 Å². The van der Waals surface area contributed by atoms with E-state index in [0.717, 1.165) is 0 Å². The van der Waals surface area contributed by atoms with Crippen LogP contribution in [0.3, 0.4) is 0 Å². The summed E-state index contributed by atoms with van der Waals surface area (Å²) in [6, 6.07) is 0. The third kappa shape index (κ3) is 5.94. The summed E-state index contributed by atoms with van der Waals surface area (Å²) in [6.45, 7) is 6.29. The molecular weight excluding hydrogens is 402 g/mol. The second kappa shape index (κ2) is 10.3. The SMILES string of the molecule is C=C(CC)[C@@](C)(ONONCOC)P(O)C(O)(C[n+]1cc[nH]c1)[P+]([O-])(O)O. The number of aromatic nitrogens is 2. The molecule has 7 N–H and O–H groups in total. The Morgan fingerprint density at radius 3 is 2.63 bits per heavy atom. The summed E-state index contributed by atoms with van der Waals surface area (Å²) in [5, 5.41) is 6.29. The molecule has 1 rings (SSSR count). The van der Waals surface area contributed by atoms with Crippen molar-refractivity contribution in [2.45, 2.75) is 37.2 Å². The van der Waals surface area contributed by atoms with Crippen molar-refractivity contribution in [1.29, 1.82) is 0 Å². The largest absolute Gasteiger partial charge is 0.629 e. The van der Waals surface area contributed by atoms with E-state index in [1.165, 1.54) is 37.3 Å². The summed E-state index contributed by atoms with van der Waals surface area (Å²) in [7, 11) is -6.68. The maximum absolute atomic E-state index is 12.1. The number of imidazole rings is 1. The van der Waals surface area contributed by atoms with E-state index in [4.69, 9.17) is 14.5 Å². The monoisotopic (exact) mass is 429 g/mol. The van der Waals surface area contributed by atoms with Crippen molar-refractivity contribution in [2.24, 2.45) is 0 Å². The van der Waals surface area contributed by atoms with Crippen molar-refractivity contribution in [3.63, 3.8) is 0 Å². The molecular formula is C13H27N4O8P2+. The third-order valence-corrected chi connectivity index (χ3v) is 8.31. The smallest absolute Gasteiger partial charge is 0.306 e. The van der Waals surface area contributed by atoms with E-state index >= 15 is 0 Å². The van der Waals surface area contributed by atoms with Crippen LogP contribution < -0.4 is 20.6 Å². The summed E-state index contributed by atoms with van der Waals surface area (Å²) in [6.07, 6.45) is 4.63. The molecule has 14 heteroatoms. The Balaban J connectivity index is 3.13. The Hall–Kier alpha value is -0.590. The topological polar surface area (TPSA) is 175 Å². The molecule has 0 spiro atoms. The molecule has 1 aromatic rings. The normalized spacial score (nSPS) is 17.9. The summed E-state index contributed by atoms with van der Waals surface area (Å²) in [4.78, 5) is 55.3. The molecule has 0 saturated carbocycles. The van der Waals surface area contributed by atoms with E-state index in [-0.39, 0.29) is 12.3 Å². The Morgan fingerprint density at radius 1 is 1.48 bits per heavy atom. The fourth-order valence-corrected chi connectivity index (χ4v) is 5.57. The second-order valence-corrected chi connectivity index (χ2v) is 10.1. The van der Waals surface area contributed by atoms with Gasteiger partial charge in [0.1, 0.15) is 19.1 Å². The lowest BCUT2D eigenvalue weighted by molar-refractivity contribution is -0.702. The minimum Gasteiger partial charge on any atom is -0.629 e. The van der Waals surface area contributed by atoms with Crippen LogP contribution in [-0.4, -0.2) is 49.0 Å². The van der Waals surface area contributed by atoms with Gasteiger partial charge in [0.2, 0.25) is 6.33 Å². The molecule has 0 aliphatic heterocycles. The van der Waals surface area contributed by atoms with E-state index in [1.807, 2.05) is 0 Å². The quantitative estimate of drug-likeness (QED) is 0.0498. The highest BCUT2D eigenvalue weighted by Crippen LogP contribution is 2.73. The lowest BCUT2D eigenvalue weighted by atomic mass is 10.1. The molecule has 156 valence electrons. The van der Waals surface area contributed by atoms with E-state index in [0.29, 0.717) is 6.42 Å². The second-order valence-electron chi connectivity index (χ2n) is 5.72. The number of rotatable bonds is 13. The van der Waals surface area contributed by atoms with Crippen molar-refractivity contribution in [2.75, 3.05) is 13.8 Å². The molecule has 3 atom stereocenters. The average Bonchev–Trinajstić information content (AvgIpc) is 3.11. The van der Waals surface area contributed by atoms with Gasteiger partial charge in [-0.1, -0.05) is 19.1 Å². The van der Waals surface area contributed by atoms with Crippen LogP contribution in [0.4, 0.5) is 0 Å². The van der Waals surface area contributed by atoms with Crippen molar-refractivity contribution < 1.29 is 43.8 Å². The minimum atomic E-state index is -5.21. The lowest BCUT2D eigenvalue weighted by Gasteiger charge is -2.43. The molecule has 2 unspecified atom stereocenters. The maximum atomic E-state index is 12.1. The van der Waals surface area contributed by atoms with Crippen molar-refractivity contribution >= 4 is 16.1 Å². The van der Waals surface area contributed by atoms with Crippen LogP contribution in [-0.2, 0) is 21.1 Å². The Morgan fingerprint density at radius 2 is 2.15 bits per heavy atom. The molecule has 1 aromatic heterocycles. The van der Waals surface area contributed by atoms with Crippen LogP contribution in [0.2, 0.25) is 0 Å². The number of nitrogens with one attached hydrogen (secondary N) is 3. The molecule has 0 amide bonds. The number of H-pyrrole nitrogens is 1. The van der Waals surface area contributed by atoms with Crippen LogP contribution >= 0.6 is 16.1 Å². The molecule has 0 fully saturated rings. The van der Waals surface area contributed by atoms with Gasteiger partial charge in [-0.15, -0.1) is 0 Å². The Kier molecular flexibility index (Phi) is 9.29. The molecule has 1 heterocycles. The molecule has 0 bridgehead atoms. The Bertz CT molecular complexity index is 587. The lowest BCUT2D eigenvalue weighted by Crippen LogP contribution is -2.53. The molecule has 0 aliphatic rings. The summed E-state index contributed by atoms with van der Waals surface area (Å²) in [5.41, 5.74) is 4.67. The number of hydrogen-bond acceptors (Lipinski definition) is 10. The molecule has 27 heavy (non-hydrogen) atoms. The highest BCUT2D eigenvalue weighted by atomic mass is 31.3. The molecule has 0 aliphatic carbocycles. The summed E-state index contributed by atoms with van der Waals surface area (Å²) in [5.74, 6) is 0. The molecule has 0 radical (unpaired) electrons.